The molecule has 0 fully saturated rings. The van der Waals surface area contributed by atoms with Crippen molar-refractivity contribution in [3.8, 4) is 5.75 Å². The maximum atomic E-state index is 12.3. The molecule has 3 N–H and O–H groups in total. The van der Waals surface area contributed by atoms with Crippen molar-refractivity contribution in [2.45, 2.75) is 19.9 Å². The van der Waals surface area contributed by atoms with Gasteiger partial charge in [0.15, 0.2) is 0 Å². The number of nitrogens with two attached hydrogens (primary N) is 1. The first-order valence-electron chi connectivity index (χ1n) is 6.31. The Labute approximate surface area is 117 Å². The molecule has 106 valence electrons. The quantitative estimate of drug-likeness (QED) is 0.838. The van der Waals surface area contributed by atoms with Crippen LogP contribution in [0, 0.1) is 0 Å². The second-order valence-electron chi connectivity index (χ2n) is 4.67. The van der Waals surface area contributed by atoms with Crippen LogP contribution >= 0.6 is 0 Å². The number of aromatic nitrogens is 2. The molecule has 1 amide bonds. The fraction of sp³-hybridized carbons (Fsp3) is 0.286. The van der Waals surface area contributed by atoms with Gasteiger partial charge in [0.2, 0.25) is 0 Å². The highest BCUT2D eigenvalue weighted by Gasteiger charge is 2.15. The van der Waals surface area contributed by atoms with E-state index in [9.17, 15) is 4.79 Å². The van der Waals surface area contributed by atoms with Crippen LogP contribution in [0.2, 0.25) is 0 Å². The molecule has 2 rings (SSSR count). The van der Waals surface area contributed by atoms with Crippen LogP contribution in [0.5, 0.6) is 5.75 Å². The van der Waals surface area contributed by atoms with Gasteiger partial charge in [-0.1, -0.05) is 0 Å². The van der Waals surface area contributed by atoms with E-state index in [0.717, 1.165) is 0 Å². The van der Waals surface area contributed by atoms with Crippen LogP contribution in [0.15, 0.2) is 30.5 Å². The molecule has 0 bridgehead atoms. The van der Waals surface area contributed by atoms with Crippen LogP contribution in [-0.2, 0) is 0 Å². The van der Waals surface area contributed by atoms with Crippen molar-refractivity contribution >= 4 is 17.4 Å². The number of benzene rings is 1. The van der Waals surface area contributed by atoms with E-state index in [4.69, 9.17) is 10.5 Å². The van der Waals surface area contributed by atoms with Gasteiger partial charge in [-0.3, -0.25) is 4.79 Å². The van der Waals surface area contributed by atoms with E-state index in [1.807, 2.05) is 13.8 Å². The van der Waals surface area contributed by atoms with Crippen molar-refractivity contribution in [3.05, 3.63) is 36.0 Å². The molecule has 0 saturated heterocycles. The average molecular weight is 274 g/mol. The zero-order chi connectivity index (χ0) is 14.7. The van der Waals surface area contributed by atoms with E-state index in [1.54, 1.807) is 35.1 Å². The number of carbonyl (C=O) groups excluding carboxylic acids is 1. The highest BCUT2D eigenvalue weighted by atomic mass is 16.5. The smallest absolute Gasteiger partial charge is 0.260 e. The lowest BCUT2D eigenvalue weighted by Crippen LogP contribution is -2.17. The molecule has 0 aliphatic heterocycles. The van der Waals surface area contributed by atoms with Gasteiger partial charge in [0.1, 0.15) is 11.6 Å². The molecule has 0 unspecified atom stereocenters. The Morgan fingerprint density at radius 2 is 2.15 bits per heavy atom. The maximum Gasteiger partial charge on any atom is 0.260 e. The van der Waals surface area contributed by atoms with E-state index in [0.29, 0.717) is 22.8 Å². The van der Waals surface area contributed by atoms with Gasteiger partial charge in [0, 0.05) is 17.8 Å². The monoisotopic (exact) mass is 274 g/mol. The number of hydrogen-bond donors (Lipinski definition) is 2. The van der Waals surface area contributed by atoms with Crippen molar-refractivity contribution in [2.24, 2.45) is 0 Å². The SMILES string of the molecule is COc1ccc(N)cc1C(=O)Nc1ccnn1C(C)C. The molecule has 0 radical (unpaired) electrons. The Hall–Kier alpha value is -2.50. The highest BCUT2D eigenvalue weighted by molar-refractivity contribution is 6.06. The van der Waals surface area contributed by atoms with Gasteiger partial charge in [-0.2, -0.15) is 5.10 Å². The van der Waals surface area contributed by atoms with Crippen LogP contribution in [0.4, 0.5) is 11.5 Å². The Morgan fingerprint density at radius 3 is 2.80 bits per heavy atom. The minimum atomic E-state index is -0.281. The predicted octanol–water partition coefficient (Wildman–Crippen LogP) is 2.31. The van der Waals surface area contributed by atoms with Crippen molar-refractivity contribution in [1.82, 2.24) is 9.78 Å². The standard InChI is InChI=1S/C14H18N4O2/c1-9(2)18-13(6-7-16-18)17-14(19)11-8-10(15)4-5-12(11)20-3/h4-9H,15H2,1-3H3,(H,17,19). The number of anilines is 2. The van der Waals surface area contributed by atoms with Gasteiger partial charge in [-0.15, -0.1) is 0 Å². The molecule has 6 nitrogen and oxygen atoms in total. The summed E-state index contributed by atoms with van der Waals surface area (Å²) in [5, 5.41) is 6.98. The molecule has 1 aromatic carbocycles. The first-order chi connectivity index (χ1) is 9.52. The summed E-state index contributed by atoms with van der Waals surface area (Å²) < 4.78 is 6.91. The molecule has 0 saturated carbocycles. The normalized spacial score (nSPS) is 10.6. The summed E-state index contributed by atoms with van der Waals surface area (Å²) in [6.07, 6.45) is 1.65. The molecular weight excluding hydrogens is 256 g/mol. The third-order valence-electron chi connectivity index (χ3n) is 2.87. The Morgan fingerprint density at radius 1 is 1.40 bits per heavy atom. The van der Waals surface area contributed by atoms with E-state index >= 15 is 0 Å². The second-order valence-corrected chi connectivity index (χ2v) is 4.67. The number of ether oxygens (including phenoxy) is 1. The van der Waals surface area contributed by atoms with Crippen LogP contribution in [-0.4, -0.2) is 22.8 Å². The minimum absolute atomic E-state index is 0.156. The van der Waals surface area contributed by atoms with Gasteiger partial charge in [0.25, 0.3) is 5.91 Å². The second kappa shape index (κ2) is 5.64. The lowest BCUT2D eigenvalue weighted by molar-refractivity contribution is 0.102. The fourth-order valence-electron chi connectivity index (χ4n) is 1.91. The minimum Gasteiger partial charge on any atom is -0.496 e. The summed E-state index contributed by atoms with van der Waals surface area (Å²) in [6.45, 7) is 3.98. The van der Waals surface area contributed by atoms with Gasteiger partial charge in [-0.05, 0) is 32.0 Å². The molecule has 0 spiro atoms. The van der Waals surface area contributed by atoms with Crippen molar-refractivity contribution in [3.63, 3.8) is 0 Å². The molecule has 0 atom stereocenters. The van der Waals surface area contributed by atoms with Gasteiger partial charge in [0.05, 0.1) is 18.9 Å². The summed E-state index contributed by atoms with van der Waals surface area (Å²) in [5.74, 6) is 0.832. The van der Waals surface area contributed by atoms with Crippen LogP contribution in [0.25, 0.3) is 0 Å². The lowest BCUT2D eigenvalue weighted by atomic mass is 10.1. The molecule has 6 heteroatoms. The zero-order valence-corrected chi connectivity index (χ0v) is 11.8. The number of nitrogens with zero attached hydrogens (tertiary/aromatic N) is 2. The van der Waals surface area contributed by atoms with E-state index < -0.39 is 0 Å². The molecular formula is C14H18N4O2. The first kappa shape index (κ1) is 13.9. The third-order valence-corrected chi connectivity index (χ3v) is 2.87. The summed E-state index contributed by atoms with van der Waals surface area (Å²) in [5.41, 5.74) is 6.62. The summed E-state index contributed by atoms with van der Waals surface area (Å²) in [7, 11) is 1.51. The number of methoxy groups -OCH3 is 1. The van der Waals surface area contributed by atoms with Crippen molar-refractivity contribution in [1.29, 1.82) is 0 Å². The number of rotatable bonds is 4. The van der Waals surface area contributed by atoms with Gasteiger partial charge >= 0.3 is 0 Å². The molecule has 2 aromatic rings. The number of amides is 1. The van der Waals surface area contributed by atoms with Crippen molar-refractivity contribution < 1.29 is 9.53 Å². The Kier molecular flexibility index (Phi) is 3.93. The summed E-state index contributed by atoms with van der Waals surface area (Å²) in [6, 6.07) is 6.85. The number of hydrogen-bond acceptors (Lipinski definition) is 4. The number of nitrogens with one attached hydrogen (secondary N) is 1. The predicted molar refractivity (Wildman–Crippen MR) is 78.0 cm³/mol. The molecule has 0 aliphatic rings. The summed E-state index contributed by atoms with van der Waals surface area (Å²) >= 11 is 0. The van der Waals surface area contributed by atoms with E-state index in [1.165, 1.54) is 7.11 Å². The first-order valence-corrected chi connectivity index (χ1v) is 6.31. The molecule has 1 aromatic heterocycles. The number of nitrogen functional groups attached to an aromatic ring is 1. The lowest BCUT2D eigenvalue weighted by Gasteiger charge is -2.13. The van der Waals surface area contributed by atoms with Crippen LogP contribution in [0.3, 0.4) is 0 Å². The highest BCUT2D eigenvalue weighted by Crippen LogP contribution is 2.23. The number of carbonyl (C=O) groups is 1. The van der Waals surface area contributed by atoms with Gasteiger partial charge in [-0.25, -0.2) is 4.68 Å². The zero-order valence-electron chi connectivity index (χ0n) is 11.8. The maximum absolute atomic E-state index is 12.3. The largest absolute Gasteiger partial charge is 0.496 e. The Bertz CT molecular complexity index is 619. The van der Waals surface area contributed by atoms with Crippen LogP contribution < -0.4 is 15.8 Å². The molecule has 20 heavy (non-hydrogen) atoms. The van der Waals surface area contributed by atoms with Crippen molar-refractivity contribution in [2.75, 3.05) is 18.2 Å². The van der Waals surface area contributed by atoms with E-state index in [2.05, 4.69) is 10.4 Å². The Balaban J connectivity index is 2.28. The summed E-state index contributed by atoms with van der Waals surface area (Å²) in [4.78, 5) is 12.3. The fourth-order valence-corrected chi connectivity index (χ4v) is 1.91. The third kappa shape index (κ3) is 2.74. The molecule has 0 aliphatic carbocycles. The van der Waals surface area contributed by atoms with Crippen LogP contribution in [0.1, 0.15) is 30.2 Å². The molecule has 1 heterocycles. The van der Waals surface area contributed by atoms with Gasteiger partial charge < -0.3 is 15.8 Å². The topological polar surface area (TPSA) is 82.2 Å². The van der Waals surface area contributed by atoms with E-state index in [-0.39, 0.29) is 11.9 Å². The average Bonchev–Trinajstić information content (AvgIpc) is 2.87.